The van der Waals surface area contributed by atoms with Gasteiger partial charge in [-0.05, 0) is 30.7 Å². The van der Waals surface area contributed by atoms with Crippen LogP contribution < -0.4 is 0 Å². The molecule has 0 aliphatic carbocycles. The van der Waals surface area contributed by atoms with Crippen LogP contribution in [0.1, 0.15) is 35.9 Å². The van der Waals surface area contributed by atoms with E-state index >= 15 is 0 Å². The van der Waals surface area contributed by atoms with Crippen molar-refractivity contribution in [3.63, 3.8) is 0 Å². The van der Waals surface area contributed by atoms with Gasteiger partial charge >= 0.3 is 0 Å². The number of carbonyl (C=O) groups is 1. The zero-order chi connectivity index (χ0) is 16.3. The van der Waals surface area contributed by atoms with E-state index in [2.05, 4.69) is 21.9 Å². The number of rotatable bonds is 4. The van der Waals surface area contributed by atoms with Crippen molar-refractivity contribution < 1.29 is 9.90 Å². The van der Waals surface area contributed by atoms with E-state index in [1.54, 1.807) is 24.7 Å². The minimum absolute atomic E-state index is 0.00678. The first kappa shape index (κ1) is 16.0. The van der Waals surface area contributed by atoms with Crippen LogP contribution in [0, 0.1) is 5.41 Å². The molecule has 7 heteroatoms. The maximum Gasteiger partial charge on any atom is 0.265 e. The molecule has 2 aromatic rings. The predicted octanol–water partition coefficient (Wildman–Crippen LogP) is 2.22. The Kier molecular flexibility index (Phi) is 4.68. The second-order valence-corrected chi connectivity index (χ2v) is 6.94. The van der Waals surface area contributed by atoms with E-state index in [4.69, 9.17) is 0 Å². The highest BCUT2D eigenvalue weighted by Gasteiger charge is 2.34. The third-order valence-electron chi connectivity index (χ3n) is 4.67. The Hall–Kier alpha value is -1.86. The number of carbonyl (C=O) groups excluding carboxylic acids is 1. The average molecular weight is 332 g/mol. The molecule has 0 bridgehead atoms. The first-order valence-corrected chi connectivity index (χ1v) is 8.62. The van der Waals surface area contributed by atoms with Gasteiger partial charge in [0.15, 0.2) is 10.8 Å². The number of aliphatic hydroxyl groups excluding tert-OH is 1. The maximum atomic E-state index is 12.6. The van der Waals surface area contributed by atoms with E-state index < -0.39 is 0 Å². The zero-order valence-corrected chi connectivity index (χ0v) is 13.9. The van der Waals surface area contributed by atoms with E-state index in [0.29, 0.717) is 28.8 Å². The standard InChI is InChI=1S/C16H20N4O2S/c1-2-16(11-21)4-8-20(9-5-16)15(22)12-10-19-14(23-12)13-17-6-3-7-18-13/h3,6-7,10,21H,2,4-5,8-9,11H2,1H3. The van der Waals surface area contributed by atoms with Gasteiger partial charge < -0.3 is 10.0 Å². The van der Waals surface area contributed by atoms with Crippen molar-refractivity contribution in [3.05, 3.63) is 29.5 Å². The van der Waals surface area contributed by atoms with Crippen molar-refractivity contribution in [2.75, 3.05) is 19.7 Å². The van der Waals surface area contributed by atoms with Crippen LogP contribution in [0.4, 0.5) is 0 Å². The van der Waals surface area contributed by atoms with Gasteiger partial charge in [0.05, 0.1) is 6.20 Å². The van der Waals surface area contributed by atoms with Gasteiger partial charge in [-0.1, -0.05) is 6.92 Å². The summed E-state index contributed by atoms with van der Waals surface area (Å²) in [6.07, 6.45) is 7.57. The topological polar surface area (TPSA) is 79.2 Å². The SMILES string of the molecule is CCC1(CO)CCN(C(=O)c2cnc(-c3ncccn3)s2)CC1. The van der Waals surface area contributed by atoms with Gasteiger partial charge in [0.2, 0.25) is 0 Å². The van der Waals surface area contributed by atoms with Crippen molar-refractivity contribution >= 4 is 17.2 Å². The van der Waals surface area contributed by atoms with Gasteiger partial charge in [0.25, 0.3) is 5.91 Å². The number of thiazole rings is 1. The Morgan fingerprint density at radius 2 is 2.00 bits per heavy atom. The molecule has 0 radical (unpaired) electrons. The predicted molar refractivity (Wildman–Crippen MR) is 88.1 cm³/mol. The van der Waals surface area contributed by atoms with E-state index in [0.717, 1.165) is 19.3 Å². The number of aliphatic hydroxyl groups is 1. The number of hydrogen-bond acceptors (Lipinski definition) is 6. The van der Waals surface area contributed by atoms with Gasteiger partial charge in [-0.15, -0.1) is 11.3 Å². The molecule has 0 unspecified atom stereocenters. The lowest BCUT2D eigenvalue weighted by Gasteiger charge is -2.40. The van der Waals surface area contributed by atoms with E-state index in [-0.39, 0.29) is 17.9 Å². The summed E-state index contributed by atoms with van der Waals surface area (Å²) in [6, 6.07) is 1.75. The summed E-state index contributed by atoms with van der Waals surface area (Å²) in [7, 11) is 0. The highest BCUT2D eigenvalue weighted by atomic mass is 32.1. The molecule has 1 N–H and O–H groups in total. The van der Waals surface area contributed by atoms with Crippen LogP contribution in [0.15, 0.2) is 24.7 Å². The van der Waals surface area contributed by atoms with Crippen LogP contribution in [0.2, 0.25) is 0 Å². The fourth-order valence-corrected chi connectivity index (χ4v) is 3.68. The van der Waals surface area contributed by atoms with Crippen molar-refractivity contribution in [2.24, 2.45) is 5.41 Å². The quantitative estimate of drug-likeness (QED) is 0.929. The molecule has 3 rings (SSSR count). The van der Waals surface area contributed by atoms with Gasteiger partial charge in [0.1, 0.15) is 4.88 Å². The van der Waals surface area contributed by atoms with Crippen molar-refractivity contribution in [3.8, 4) is 10.8 Å². The number of likely N-dealkylation sites (tertiary alicyclic amines) is 1. The van der Waals surface area contributed by atoms with Gasteiger partial charge in [-0.3, -0.25) is 4.79 Å². The molecule has 1 saturated heterocycles. The Morgan fingerprint density at radius 3 is 2.61 bits per heavy atom. The minimum atomic E-state index is -0.0203. The molecule has 0 saturated carbocycles. The average Bonchev–Trinajstić information content (AvgIpc) is 3.12. The first-order valence-electron chi connectivity index (χ1n) is 7.81. The van der Waals surface area contributed by atoms with Crippen molar-refractivity contribution in [1.29, 1.82) is 0 Å². The number of nitrogens with zero attached hydrogens (tertiary/aromatic N) is 4. The van der Waals surface area contributed by atoms with Gasteiger partial charge in [0, 0.05) is 32.1 Å². The molecule has 1 amide bonds. The normalized spacial score (nSPS) is 17.2. The highest BCUT2D eigenvalue weighted by molar-refractivity contribution is 7.16. The number of piperidine rings is 1. The summed E-state index contributed by atoms with van der Waals surface area (Å²) in [5, 5.41) is 10.2. The minimum Gasteiger partial charge on any atom is -0.396 e. The Labute approximate surface area is 139 Å². The van der Waals surface area contributed by atoms with Crippen molar-refractivity contribution in [1.82, 2.24) is 19.9 Å². The molecular weight excluding hydrogens is 312 g/mol. The second-order valence-electron chi connectivity index (χ2n) is 5.91. The van der Waals surface area contributed by atoms with Crippen molar-refractivity contribution in [2.45, 2.75) is 26.2 Å². The molecule has 0 spiro atoms. The smallest absolute Gasteiger partial charge is 0.265 e. The first-order chi connectivity index (χ1) is 11.2. The summed E-state index contributed by atoms with van der Waals surface area (Å²) >= 11 is 1.32. The Morgan fingerprint density at radius 1 is 1.30 bits per heavy atom. The van der Waals surface area contributed by atoms with Gasteiger partial charge in [-0.2, -0.15) is 0 Å². The summed E-state index contributed by atoms with van der Waals surface area (Å²) in [5.41, 5.74) is -0.0203. The zero-order valence-electron chi connectivity index (χ0n) is 13.1. The van der Waals surface area contributed by atoms with Gasteiger partial charge in [-0.25, -0.2) is 15.0 Å². The summed E-state index contributed by atoms with van der Waals surface area (Å²) in [4.78, 5) is 27.7. The maximum absolute atomic E-state index is 12.6. The molecule has 2 aromatic heterocycles. The Balaban J connectivity index is 1.69. The fourth-order valence-electron chi connectivity index (χ4n) is 2.85. The molecule has 0 aromatic carbocycles. The molecule has 3 heterocycles. The monoisotopic (exact) mass is 332 g/mol. The summed E-state index contributed by atoms with van der Waals surface area (Å²) in [6.45, 7) is 3.66. The lowest BCUT2D eigenvalue weighted by molar-refractivity contribution is 0.0341. The lowest BCUT2D eigenvalue weighted by atomic mass is 9.77. The number of aromatic nitrogens is 3. The number of amides is 1. The third kappa shape index (κ3) is 3.25. The van der Waals surface area contributed by atoms with E-state index in [1.165, 1.54) is 11.3 Å². The molecule has 1 fully saturated rings. The molecule has 0 atom stereocenters. The molecular formula is C16H20N4O2S. The third-order valence-corrected chi connectivity index (χ3v) is 5.65. The fraction of sp³-hybridized carbons (Fsp3) is 0.500. The molecule has 6 nitrogen and oxygen atoms in total. The van der Waals surface area contributed by atoms with E-state index in [9.17, 15) is 9.90 Å². The molecule has 23 heavy (non-hydrogen) atoms. The number of hydrogen-bond donors (Lipinski definition) is 1. The summed E-state index contributed by atoms with van der Waals surface area (Å²) < 4.78 is 0. The largest absolute Gasteiger partial charge is 0.396 e. The lowest BCUT2D eigenvalue weighted by Crippen LogP contribution is -2.44. The van der Waals surface area contributed by atoms with Crippen LogP contribution in [0.3, 0.4) is 0 Å². The Bertz CT molecular complexity index is 660. The highest BCUT2D eigenvalue weighted by Crippen LogP contribution is 2.35. The molecule has 1 aliphatic rings. The summed E-state index contributed by atoms with van der Waals surface area (Å²) in [5.74, 6) is 0.549. The van der Waals surface area contributed by atoms with Crippen LogP contribution in [0.25, 0.3) is 10.8 Å². The molecule has 122 valence electrons. The van der Waals surface area contributed by atoms with E-state index in [1.807, 2.05) is 4.90 Å². The van der Waals surface area contributed by atoms with Crippen LogP contribution in [-0.2, 0) is 0 Å². The van der Waals surface area contributed by atoms with Crippen LogP contribution in [0.5, 0.6) is 0 Å². The van der Waals surface area contributed by atoms with Crippen LogP contribution in [-0.4, -0.2) is 50.6 Å². The van der Waals surface area contributed by atoms with Crippen LogP contribution >= 0.6 is 11.3 Å². The second kappa shape index (κ2) is 6.72. The molecule has 1 aliphatic heterocycles.